The Morgan fingerprint density at radius 1 is 0.875 bits per heavy atom. The van der Waals surface area contributed by atoms with E-state index in [2.05, 4.69) is 5.32 Å². The predicted octanol–water partition coefficient (Wildman–Crippen LogP) is 4.48. The van der Waals surface area contributed by atoms with E-state index in [1.165, 1.54) is 0 Å². The highest BCUT2D eigenvalue weighted by molar-refractivity contribution is 6.40. The number of nitrogens with zero attached hydrogens (tertiary/aromatic N) is 1. The van der Waals surface area contributed by atoms with Crippen molar-refractivity contribution < 1.29 is 9.59 Å². The first-order chi connectivity index (χ1) is 11.6. The van der Waals surface area contributed by atoms with Gasteiger partial charge in [0.05, 0.1) is 15.7 Å². The number of para-hydroxylation sites is 1. The molecule has 1 aliphatic rings. The molecule has 2 aromatic rings. The van der Waals surface area contributed by atoms with E-state index in [4.69, 9.17) is 23.2 Å². The van der Waals surface area contributed by atoms with Crippen molar-refractivity contribution in [3.63, 3.8) is 0 Å². The van der Waals surface area contributed by atoms with E-state index in [1.807, 2.05) is 4.90 Å². The van der Waals surface area contributed by atoms with Crippen LogP contribution in [0.3, 0.4) is 0 Å². The van der Waals surface area contributed by atoms with Gasteiger partial charge in [-0.1, -0.05) is 29.3 Å². The van der Waals surface area contributed by atoms with Crippen LogP contribution < -0.4 is 5.32 Å². The molecule has 0 atom stereocenters. The molecule has 3 rings (SSSR count). The van der Waals surface area contributed by atoms with Crippen LogP contribution in [0.1, 0.15) is 33.6 Å². The summed E-state index contributed by atoms with van der Waals surface area (Å²) in [5.41, 5.74) is 1.40. The molecule has 0 spiro atoms. The first-order valence-corrected chi connectivity index (χ1v) is 8.46. The Hall–Kier alpha value is -2.04. The fourth-order valence-electron chi connectivity index (χ4n) is 2.67. The van der Waals surface area contributed by atoms with Crippen LogP contribution in [0.25, 0.3) is 0 Å². The van der Waals surface area contributed by atoms with Gasteiger partial charge in [-0.05, 0) is 49.2 Å². The molecule has 124 valence electrons. The van der Waals surface area contributed by atoms with Gasteiger partial charge in [0, 0.05) is 24.2 Å². The molecule has 1 fully saturated rings. The third-order valence-electron chi connectivity index (χ3n) is 3.99. The predicted molar refractivity (Wildman–Crippen MR) is 96.0 cm³/mol. The Balaban J connectivity index is 1.73. The fraction of sp³-hybridized carbons (Fsp3) is 0.222. The van der Waals surface area contributed by atoms with Crippen LogP contribution in [0, 0.1) is 0 Å². The molecular formula is C18H16Cl2N2O2. The second-order valence-corrected chi connectivity index (χ2v) is 6.44. The standard InChI is InChI=1S/C18H16Cl2N2O2/c19-14-4-3-5-15(20)16(14)21-17(23)12-6-8-13(9-7-12)18(24)22-10-1-2-11-22/h3-9H,1-2,10-11H2,(H,21,23). The van der Waals surface area contributed by atoms with Crippen LogP contribution in [0.2, 0.25) is 10.0 Å². The fourth-order valence-corrected chi connectivity index (χ4v) is 3.16. The maximum atomic E-state index is 12.3. The van der Waals surface area contributed by atoms with Crippen molar-refractivity contribution in [1.29, 1.82) is 0 Å². The van der Waals surface area contributed by atoms with E-state index in [9.17, 15) is 9.59 Å². The number of carbonyl (C=O) groups is 2. The lowest BCUT2D eigenvalue weighted by molar-refractivity contribution is 0.0792. The van der Waals surface area contributed by atoms with Gasteiger partial charge < -0.3 is 10.2 Å². The molecule has 0 aromatic heterocycles. The zero-order chi connectivity index (χ0) is 17.1. The number of carbonyl (C=O) groups excluding carboxylic acids is 2. The highest BCUT2D eigenvalue weighted by Crippen LogP contribution is 2.30. The highest BCUT2D eigenvalue weighted by atomic mass is 35.5. The van der Waals surface area contributed by atoms with E-state index >= 15 is 0 Å². The molecule has 4 nitrogen and oxygen atoms in total. The lowest BCUT2D eigenvalue weighted by Gasteiger charge is -2.15. The van der Waals surface area contributed by atoms with Gasteiger partial charge >= 0.3 is 0 Å². The van der Waals surface area contributed by atoms with E-state index in [1.54, 1.807) is 42.5 Å². The third kappa shape index (κ3) is 3.55. The molecule has 0 aliphatic carbocycles. The molecule has 24 heavy (non-hydrogen) atoms. The molecule has 1 aliphatic heterocycles. The monoisotopic (exact) mass is 362 g/mol. The maximum Gasteiger partial charge on any atom is 0.255 e. The number of rotatable bonds is 3. The van der Waals surface area contributed by atoms with Gasteiger partial charge in [0.1, 0.15) is 0 Å². The Kier molecular flexibility index (Phi) is 5.07. The van der Waals surface area contributed by atoms with Crippen LogP contribution in [0.5, 0.6) is 0 Å². The van der Waals surface area contributed by atoms with Crippen molar-refractivity contribution in [2.75, 3.05) is 18.4 Å². The molecule has 0 saturated carbocycles. The number of amides is 2. The van der Waals surface area contributed by atoms with Crippen LogP contribution in [0.4, 0.5) is 5.69 Å². The van der Waals surface area contributed by atoms with Crippen LogP contribution in [0.15, 0.2) is 42.5 Å². The molecular weight excluding hydrogens is 347 g/mol. The average molecular weight is 363 g/mol. The molecule has 1 saturated heterocycles. The minimum Gasteiger partial charge on any atom is -0.339 e. The van der Waals surface area contributed by atoms with Gasteiger partial charge in [0.25, 0.3) is 11.8 Å². The largest absolute Gasteiger partial charge is 0.339 e. The van der Waals surface area contributed by atoms with Gasteiger partial charge in [-0.25, -0.2) is 0 Å². The molecule has 0 bridgehead atoms. The lowest BCUT2D eigenvalue weighted by atomic mass is 10.1. The summed E-state index contributed by atoms with van der Waals surface area (Å²) in [6, 6.07) is 11.6. The molecule has 6 heteroatoms. The summed E-state index contributed by atoms with van der Waals surface area (Å²) in [7, 11) is 0. The van der Waals surface area contributed by atoms with Crippen LogP contribution >= 0.6 is 23.2 Å². The van der Waals surface area contributed by atoms with Gasteiger partial charge in [-0.3, -0.25) is 9.59 Å². The summed E-state index contributed by atoms with van der Waals surface area (Å²) in [6.45, 7) is 1.60. The van der Waals surface area contributed by atoms with E-state index in [-0.39, 0.29) is 11.8 Å². The Bertz CT molecular complexity index is 749. The molecule has 1 N–H and O–H groups in total. The molecule has 1 heterocycles. The van der Waals surface area contributed by atoms with E-state index in [0.717, 1.165) is 25.9 Å². The normalized spacial score (nSPS) is 13.8. The number of nitrogens with one attached hydrogen (secondary N) is 1. The zero-order valence-corrected chi connectivity index (χ0v) is 14.4. The van der Waals surface area contributed by atoms with Crippen molar-refractivity contribution >= 4 is 40.7 Å². The van der Waals surface area contributed by atoms with Crippen molar-refractivity contribution in [3.8, 4) is 0 Å². The maximum absolute atomic E-state index is 12.3. The van der Waals surface area contributed by atoms with Crippen molar-refractivity contribution in [1.82, 2.24) is 4.90 Å². The molecule has 0 radical (unpaired) electrons. The Labute approximate surface area is 150 Å². The summed E-state index contributed by atoms with van der Waals surface area (Å²) >= 11 is 12.1. The number of hydrogen-bond donors (Lipinski definition) is 1. The van der Waals surface area contributed by atoms with Gasteiger partial charge in [0.15, 0.2) is 0 Å². The number of benzene rings is 2. The number of hydrogen-bond acceptors (Lipinski definition) is 2. The Morgan fingerprint density at radius 3 is 2.00 bits per heavy atom. The summed E-state index contributed by atoms with van der Waals surface area (Å²) in [5.74, 6) is -0.321. The minimum absolute atomic E-state index is 0.00797. The molecule has 2 amide bonds. The first-order valence-electron chi connectivity index (χ1n) is 7.71. The summed E-state index contributed by atoms with van der Waals surface area (Å²) in [4.78, 5) is 26.5. The summed E-state index contributed by atoms with van der Waals surface area (Å²) < 4.78 is 0. The minimum atomic E-state index is -0.329. The van der Waals surface area contributed by atoms with E-state index in [0.29, 0.717) is 26.9 Å². The van der Waals surface area contributed by atoms with Gasteiger partial charge in [-0.2, -0.15) is 0 Å². The SMILES string of the molecule is O=C(Nc1c(Cl)cccc1Cl)c1ccc(C(=O)N2CCCC2)cc1. The summed E-state index contributed by atoms with van der Waals surface area (Å²) in [5, 5.41) is 3.44. The van der Waals surface area contributed by atoms with Crippen molar-refractivity contribution in [2.24, 2.45) is 0 Å². The number of likely N-dealkylation sites (tertiary alicyclic amines) is 1. The second kappa shape index (κ2) is 7.24. The van der Waals surface area contributed by atoms with Crippen LogP contribution in [-0.4, -0.2) is 29.8 Å². The Morgan fingerprint density at radius 2 is 1.42 bits per heavy atom. The van der Waals surface area contributed by atoms with Gasteiger partial charge in [-0.15, -0.1) is 0 Å². The quantitative estimate of drug-likeness (QED) is 0.874. The average Bonchev–Trinajstić information content (AvgIpc) is 3.12. The third-order valence-corrected chi connectivity index (χ3v) is 4.62. The lowest BCUT2D eigenvalue weighted by Crippen LogP contribution is -2.27. The molecule has 2 aromatic carbocycles. The highest BCUT2D eigenvalue weighted by Gasteiger charge is 2.19. The zero-order valence-electron chi connectivity index (χ0n) is 12.9. The second-order valence-electron chi connectivity index (χ2n) is 5.63. The van der Waals surface area contributed by atoms with Crippen molar-refractivity contribution in [2.45, 2.75) is 12.8 Å². The van der Waals surface area contributed by atoms with E-state index < -0.39 is 0 Å². The van der Waals surface area contributed by atoms with Crippen LogP contribution in [-0.2, 0) is 0 Å². The summed E-state index contributed by atoms with van der Waals surface area (Å²) in [6.07, 6.45) is 2.09. The van der Waals surface area contributed by atoms with Crippen molar-refractivity contribution in [3.05, 3.63) is 63.6 Å². The number of anilines is 1. The van der Waals surface area contributed by atoms with Gasteiger partial charge in [0.2, 0.25) is 0 Å². The smallest absolute Gasteiger partial charge is 0.255 e. The first kappa shape index (κ1) is 16.8. The molecule has 0 unspecified atom stereocenters. The topological polar surface area (TPSA) is 49.4 Å². The number of halogens is 2.